The van der Waals surface area contributed by atoms with Crippen LogP contribution < -0.4 is 11.1 Å². The molecule has 0 radical (unpaired) electrons. The highest BCUT2D eigenvalue weighted by Gasteiger charge is 2.68. The summed E-state index contributed by atoms with van der Waals surface area (Å²) in [6, 6.07) is 15.6. The molecule has 3 saturated carbocycles. The predicted octanol–water partition coefficient (Wildman–Crippen LogP) is 4.15. The van der Waals surface area contributed by atoms with Crippen molar-refractivity contribution in [2.24, 2.45) is 23.0 Å². The molecule has 2 aromatic rings. The van der Waals surface area contributed by atoms with Gasteiger partial charge in [-0.3, -0.25) is 4.79 Å². The lowest BCUT2D eigenvalue weighted by Crippen LogP contribution is -2.65. The molecule has 4 aliphatic rings. The van der Waals surface area contributed by atoms with Gasteiger partial charge in [0.15, 0.2) is 0 Å². The number of carbonyl (C=O) groups is 1. The molecule has 0 aromatic heterocycles. The maximum atomic E-state index is 13.5. The fraction of sp³-hybridized carbons (Fsp3) is 0.536. The molecule has 0 spiro atoms. The third kappa shape index (κ3) is 4.66. The quantitative estimate of drug-likeness (QED) is 0.559. The number of benzene rings is 2. The third-order valence-corrected chi connectivity index (χ3v) is 8.94. The highest BCUT2D eigenvalue weighted by molar-refractivity contribution is 6.47. The van der Waals surface area contributed by atoms with Gasteiger partial charge < -0.3 is 20.4 Å². The van der Waals surface area contributed by atoms with Gasteiger partial charge in [0.2, 0.25) is 5.91 Å². The van der Waals surface area contributed by atoms with Gasteiger partial charge in [0.1, 0.15) is 5.82 Å². The van der Waals surface area contributed by atoms with Crippen molar-refractivity contribution < 1.29 is 18.5 Å². The first-order valence-corrected chi connectivity index (χ1v) is 12.8. The molecule has 7 heteroatoms. The summed E-state index contributed by atoms with van der Waals surface area (Å²) in [6.45, 7) is 7.26. The van der Waals surface area contributed by atoms with Gasteiger partial charge in [0.25, 0.3) is 0 Å². The van der Waals surface area contributed by atoms with Crippen molar-refractivity contribution in [3.63, 3.8) is 0 Å². The zero-order valence-electron chi connectivity index (χ0n) is 20.9. The van der Waals surface area contributed by atoms with Crippen LogP contribution in [-0.4, -0.2) is 37.3 Å². The number of amides is 1. The molecular formula is C28H36BFN2O3. The largest absolute Gasteiger partial charge is 0.463 e. The fourth-order valence-electron chi connectivity index (χ4n) is 6.61. The van der Waals surface area contributed by atoms with Crippen molar-refractivity contribution in [2.75, 3.05) is 6.54 Å². The fourth-order valence-corrected chi connectivity index (χ4v) is 6.61. The Bertz CT molecular complexity index is 1050. The molecule has 3 aliphatic carbocycles. The predicted molar refractivity (Wildman–Crippen MR) is 135 cm³/mol. The Balaban J connectivity index is 1.28. The Hall–Kier alpha value is -2.22. The average Bonchev–Trinajstić information content (AvgIpc) is 3.20. The normalized spacial score (nSPS) is 30.2. The Morgan fingerprint density at radius 3 is 2.46 bits per heavy atom. The molecule has 2 bridgehead atoms. The number of hydrogen-bond acceptors (Lipinski definition) is 4. The molecule has 1 heterocycles. The molecule has 186 valence electrons. The van der Waals surface area contributed by atoms with Crippen LogP contribution in [0.2, 0.25) is 5.82 Å². The third-order valence-electron chi connectivity index (χ3n) is 8.94. The lowest BCUT2D eigenvalue weighted by atomic mass is 9.43. The minimum Gasteiger partial charge on any atom is -0.405 e. The number of halogens is 1. The van der Waals surface area contributed by atoms with E-state index in [2.05, 4.69) is 26.1 Å². The molecule has 4 fully saturated rings. The number of hydrogen-bond donors (Lipinski definition) is 2. The average molecular weight is 478 g/mol. The van der Waals surface area contributed by atoms with E-state index in [0.717, 1.165) is 17.5 Å². The number of carbonyl (C=O) groups excluding carboxylic acids is 1. The Labute approximate surface area is 208 Å². The smallest absolute Gasteiger partial charge is 0.405 e. The highest BCUT2D eigenvalue weighted by Crippen LogP contribution is 2.66. The zero-order valence-corrected chi connectivity index (χ0v) is 20.9. The van der Waals surface area contributed by atoms with E-state index >= 15 is 0 Å². The lowest BCUT2D eigenvalue weighted by molar-refractivity contribution is -0.199. The molecule has 1 amide bonds. The van der Waals surface area contributed by atoms with Crippen LogP contribution in [0.5, 0.6) is 0 Å². The summed E-state index contributed by atoms with van der Waals surface area (Å²) in [5.41, 5.74) is 8.16. The molecular weight excluding hydrogens is 442 g/mol. The summed E-state index contributed by atoms with van der Waals surface area (Å²) < 4.78 is 26.7. The van der Waals surface area contributed by atoms with Crippen LogP contribution in [0.15, 0.2) is 54.6 Å². The maximum Gasteiger partial charge on any atom is 0.463 e. The molecule has 5 nitrogen and oxygen atoms in total. The highest BCUT2D eigenvalue weighted by atomic mass is 19.1. The summed E-state index contributed by atoms with van der Waals surface area (Å²) in [5, 5.41) is 3.05. The van der Waals surface area contributed by atoms with Crippen molar-refractivity contribution in [2.45, 2.75) is 70.0 Å². The zero-order chi connectivity index (χ0) is 24.8. The molecule has 3 N–H and O–H groups in total. The van der Waals surface area contributed by atoms with E-state index in [1.165, 1.54) is 18.6 Å². The Morgan fingerprint density at radius 2 is 1.77 bits per heavy atom. The van der Waals surface area contributed by atoms with Gasteiger partial charge in [-0.25, -0.2) is 4.39 Å². The summed E-state index contributed by atoms with van der Waals surface area (Å²) in [6.07, 6.45) is 3.34. The maximum absolute atomic E-state index is 13.5. The minimum atomic E-state index is -0.637. The van der Waals surface area contributed by atoms with Gasteiger partial charge in [0.05, 0.1) is 17.7 Å². The molecule has 6 atom stereocenters. The van der Waals surface area contributed by atoms with Gasteiger partial charge >= 0.3 is 7.12 Å². The van der Waals surface area contributed by atoms with E-state index in [0.29, 0.717) is 31.2 Å². The van der Waals surface area contributed by atoms with E-state index in [1.54, 1.807) is 12.1 Å². The molecule has 6 rings (SSSR count). The van der Waals surface area contributed by atoms with Gasteiger partial charge in [-0.2, -0.15) is 0 Å². The van der Waals surface area contributed by atoms with Crippen LogP contribution >= 0.6 is 0 Å². The van der Waals surface area contributed by atoms with E-state index in [4.69, 9.17) is 15.0 Å². The van der Waals surface area contributed by atoms with Crippen molar-refractivity contribution >= 4 is 13.0 Å². The van der Waals surface area contributed by atoms with Gasteiger partial charge in [-0.05, 0) is 73.1 Å². The van der Waals surface area contributed by atoms with Gasteiger partial charge in [0, 0.05) is 12.4 Å². The van der Waals surface area contributed by atoms with Crippen LogP contribution in [-0.2, 0) is 26.9 Å². The number of nitrogens with two attached hydrogens (primary N) is 1. The first-order chi connectivity index (χ1) is 16.7. The van der Waals surface area contributed by atoms with Crippen LogP contribution in [0.25, 0.3) is 0 Å². The first-order valence-electron chi connectivity index (χ1n) is 12.8. The first kappa shape index (κ1) is 24.5. The SMILES string of the molecule is CC1(C)C2CC3OB([C@@H](CNC(=O)[C@@H](N)Cc4ccccc4)Cc4ccc(F)cc4)O[C@]3(C)C1C2. The second-order valence-corrected chi connectivity index (χ2v) is 11.5. The summed E-state index contributed by atoms with van der Waals surface area (Å²) in [5.74, 6) is 0.557. The Kier molecular flexibility index (Phi) is 6.53. The summed E-state index contributed by atoms with van der Waals surface area (Å²) in [7, 11) is -0.434. The molecule has 3 unspecified atom stereocenters. The van der Waals surface area contributed by atoms with Crippen LogP contribution in [0.3, 0.4) is 0 Å². The molecule has 1 aliphatic heterocycles. The van der Waals surface area contributed by atoms with E-state index in [1.807, 2.05) is 30.3 Å². The molecule has 35 heavy (non-hydrogen) atoms. The van der Waals surface area contributed by atoms with E-state index in [9.17, 15) is 9.18 Å². The lowest BCUT2D eigenvalue weighted by Gasteiger charge is -2.64. The van der Waals surface area contributed by atoms with E-state index in [-0.39, 0.29) is 34.7 Å². The second kappa shape index (κ2) is 9.34. The minimum absolute atomic E-state index is 0.0658. The van der Waals surface area contributed by atoms with Gasteiger partial charge in [-0.15, -0.1) is 0 Å². The number of nitrogens with one attached hydrogen (secondary N) is 1. The van der Waals surface area contributed by atoms with Crippen LogP contribution in [0.1, 0.15) is 44.7 Å². The summed E-state index contributed by atoms with van der Waals surface area (Å²) >= 11 is 0. The summed E-state index contributed by atoms with van der Waals surface area (Å²) in [4.78, 5) is 12.9. The number of rotatable bonds is 8. The monoisotopic (exact) mass is 478 g/mol. The van der Waals surface area contributed by atoms with Crippen LogP contribution in [0, 0.1) is 23.1 Å². The van der Waals surface area contributed by atoms with Crippen LogP contribution in [0.4, 0.5) is 4.39 Å². The van der Waals surface area contributed by atoms with Crippen molar-refractivity contribution in [3.8, 4) is 0 Å². The Morgan fingerprint density at radius 1 is 1.09 bits per heavy atom. The van der Waals surface area contributed by atoms with Crippen molar-refractivity contribution in [1.82, 2.24) is 5.32 Å². The van der Waals surface area contributed by atoms with Crippen molar-refractivity contribution in [3.05, 3.63) is 71.5 Å². The second-order valence-electron chi connectivity index (χ2n) is 11.5. The van der Waals surface area contributed by atoms with Gasteiger partial charge in [-0.1, -0.05) is 56.3 Å². The van der Waals surface area contributed by atoms with E-state index < -0.39 is 13.2 Å². The standard InChI is InChI=1S/C28H36BFN2O3/c1-27(2)20-15-24(27)28(3)25(16-20)34-29(35-28)21(13-19-9-11-22(30)12-10-19)17-32-26(33)23(31)14-18-7-5-4-6-8-18/h4-12,20-21,23-25H,13-17,31H2,1-3H3,(H,32,33)/t20?,21-,23+,24?,25?,28-/m1/s1. The molecule has 1 saturated heterocycles. The molecule has 2 aromatic carbocycles. The van der Waals surface area contributed by atoms with Crippen molar-refractivity contribution in [1.29, 1.82) is 0 Å². The topological polar surface area (TPSA) is 73.6 Å².